The van der Waals surface area contributed by atoms with Gasteiger partial charge in [-0.25, -0.2) is 9.97 Å². The highest BCUT2D eigenvalue weighted by atomic mass is 35.5. The summed E-state index contributed by atoms with van der Waals surface area (Å²) in [6.07, 6.45) is 6.90. The number of fused-ring (bicyclic) bond motifs is 1. The van der Waals surface area contributed by atoms with Crippen molar-refractivity contribution in [2.45, 2.75) is 6.54 Å². The number of nitrogens with one attached hydrogen (secondary N) is 1. The molecule has 1 N–H and O–H groups in total. The number of para-hydroxylation sites is 1. The Morgan fingerprint density at radius 2 is 1.88 bits per heavy atom. The van der Waals surface area contributed by atoms with E-state index in [0.29, 0.717) is 34.0 Å². The van der Waals surface area contributed by atoms with Gasteiger partial charge in [-0.1, -0.05) is 29.3 Å². The number of nitrogens with zero attached hydrogens (tertiary/aromatic N) is 3. The van der Waals surface area contributed by atoms with Gasteiger partial charge < -0.3 is 14.3 Å². The second-order valence-electron chi connectivity index (χ2n) is 5.18. The Labute approximate surface area is 147 Å². The van der Waals surface area contributed by atoms with E-state index < -0.39 is 0 Å². The van der Waals surface area contributed by atoms with E-state index in [2.05, 4.69) is 15.3 Å². The van der Waals surface area contributed by atoms with Crippen molar-refractivity contribution in [2.24, 2.45) is 0 Å². The van der Waals surface area contributed by atoms with Crippen LogP contribution in [0.3, 0.4) is 0 Å². The van der Waals surface area contributed by atoms with Crippen molar-refractivity contribution in [1.82, 2.24) is 14.5 Å². The molecule has 4 rings (SSSR count). The van der Waals surface area contributed by atoms with E-state index >= 15 is 0 Å². The maximum atomic E-state index is 6.23. The van der Waals surface area contributed by atoms with Crippen molar-refractivity contribution >= 4 is 45.6 Å². The highest BCUT2D eigenvalue weighted by molar-refractivity contribution is 6.39. The van der Waals surface area contributed by atoms with Crippen molar-refractivity contribution in [3.63, 3.8) is 0 Å². The molecular formula is C17H12Cl2N4O. The van der Waals surface area contributed by atoms with Crippen LogP contribution >= 0.6 is 23.2 Å². The monoisotopic (exact) mass is 358 g/mol. The lowest BCUT2D eigenvalue weighted by Crippen LogP contribution is -1.99. The fraction of sp³-hybridized carbons (Fsp3) is 0.0588. The summed E-state index contributed by atoms with van der Waals surface area (Å²) in [6, 6.07) is 9.29. The largest absolute Gasteiger partial charge is 0.447 e. The molecule has 4 aromatic rings. The molecule has 24 heavy (non-hydrogen) atoms. The molecule has 7 heteroatoms. The van der Waals surface area contributed by atoms with Crippen molar-refractivity contribution in [1.29, 1.82) is 0 Å². The lowest BCUT2D eigenvalue weighted by atomic mass is 10.2. The summed E-state index contributed by atoms with van der Waals surface area (Å²) in [5, 5.41) is 5.27. The van der Waals surface area contributed by atoms with Gasteiger partial charge in [-0.05, 0) is 24.3 Å². The first kappa shape index (κ1) is 15.1. The second kappa shape index (κ2) is 6.19. The van der Waals surface area contributed by atoms with E-state index in [1.807, 2.05) is 22.9 Å². The van der Waals surface area contributed by atoms with Gasteiger partial charge in [0, 0.05) is 17.8 Å². The molecule has 0 aliphatic rings. The minimum Gasteiger partial charge on any atom is -0.447 e. The molecule has 1 aromatic carbocycles. The van der Waals surface area contributed by atoms with Gasteiger partial charge in [0.15, 0.2) is 0 Å². The van der Waals surface area contributed by atoms with Crippen LogP contribution in [0, 0.1) is 0 Å². The van der Waals surface area contributed by atoms with Gasteiger partial charge >= 0.3 is 0 Å². The Morgan fingerprint density at radius 1 is 1.04 bits per heavy atom. The summed E-state index contributed by atoms with van der Waals surface area (Å²) >= 11 is 12.5. The zero-order chi connectivity index (χ0) is 16.5. The average Bonchev–Trinajstić information content (AvgIpc) is 3.22. The summed E-state index contributed by atoms with van der Waals surface area (Å²) in [5.41, 5.74) is 1.65. The van der Waals surface area contributed by atoms with Crippen LogP contribution in [-0.4, -0.2) is 14.5 Å². The van der Waals surface area contributed by atoms with Gasteiger partial charge in [-0.3, -0.25) is 0 Å². The molecule has 0 radical (unpaired) electrons. The lowest BCUT2D eigenvalue weighted by Gasteiger charge is -2.11. The Kier molecular flexibility index (Phi) is 3.88. The number of pyridine rings is 1. The van der Waals surface area contributed by atoms with E-state index in [1.54, 1.807) is 36.9 Å². The third-order valence-electron chi connectivity index (χ3n) is 3.69. The molecule has 0 saturated heterocycles. The molecule has 0 unspecified atom stereocenters. The topological polar surface area (TPSA) is 55.9 Å². The van der Waals surface area contributed by atoms with Crippen LogP contribution in [0.1, 0.15) is 5.89 Å². The highest BCUT2D eigenvalue weighted by Crippen LogP contribution is 2.34. The standard InChI is InChI=1S/C17H12Cl2N4O/c18-12-2-1-3-13(19)16(12)22-17-11-5-8-23(14(11)4-6-21-17)10-15-20-7-9-24-15/h1-9H,10H2,(H,21,22). The average molecular weight is 359 g/mol. The van der Waals surface area contributed by atoms with E-state index in [-0.39, 0.29) is 0 Å². The summed E-state index contributed by atoms with van der Waals surface area (Å²) < 4.78 is 7.36. The number of benzene rings is 1. The maximum absolute atomic E-state index is 6.23. The fourth-order valence-corrected chi connectivity index (χ4v) is 3.06. The molecule has 0 aliphatic heterocycles. The summed E-state index contributed by atoms with van der Waals surface area (Å²) in [5.74, 6) is 1.33. The Bertz CT molecular complexity index is 975. The summed E-state index contributed by atoms with van der Waals surface area (Å²) in [6.45, 7) is 0.548. The van der Waals surface area contributed by atoms with Gasteiger partial charge in [0.2, 0.25) is 5.89 Å². The predicted molar refractivity (Wildman–Crippen MR) is 95.1 cm³/mol. The highest BCUT2D eigenvalue weighted by Gasteiger charge is 2.12. The number of anilines is 2. The first-order valence-electron chi connectivity index (χ1n) is 7.25. The van der Waals surface area contributed by atoms with Crippen molar-refractivity contribution in [3.05, 3.63) is 71.1 Å². The van der Waals surface area contributed by atoms with Gasteiger partial charge in [-0.15, -0.1) is 0 Å². The van der Waals surface area contributed by atoms with Crippen LogP contribution in [0.4, 0.5) is 11.5 Å². The quantitative estimate of drug-likeness (QED) is 0.549. The van der Waals surface area contributed by atoms with Crippen LogP contribution in [0.15, 0.2) is 59.6 Å². The van der Waals surface area contributed by atoms with E-state index in [0.717, 1.165) is 10.9 Å². The van der Waals surface area contributed by atoms with Gasteiger partial charge in [-0.2, -0.15) is 0 Å². The zero-order valence-electron chi connectivity index (χ0n) is 12.4. The summed E-state index contributed by atoms with van der Waals surface area (Å²) in [4.78, 5) is 8.57. The van der Waals surface area contributed by atoms with Crippen molar-refractivity contribution in [2.75, 3.05) is 5.32 Å². The lowest BCUT2D eigenvalue weighted by molar-refractivity contribution is 0.482. The van der Waals surface area contributed by atoms with Crippen molar-refractivity contribution in [3.8, 4) is 0 Å². The molecular weight excluding hydrogens is 347 g/mol. The zero-order valence-corrected chi connectivity index (χ0v) is 13.9. The van der Waals surface area contributed by atoms with Crippen LogP contribution in [0.5, 0.6) is 0 Å². The first-order chi connectivity index (χ1) is 11.7. The third kappa shape index (κ3) is 2.72. The Balaban J connectivity index is 1.73. The minimum absolute atomic E-state index is 0.542. The minimum atomic E-state index is 0.542. The number of hydrogen-bond donors (Lipinski definition) is 1. The number of aromatic nitrogens is 3. The van der Waals surface area contributed by atoms with E-state index in [9.17, 15) is 0 Å². The maximum Gasteiger partial charge on any atom is 0.213 e. The van der Waals surface area contributed by atoms with Gasteiger partial charge in [0.1, 0.15) is 12.1 Å². The predicted octanol–water partition coefficient (Wildman–Crippen LogP) is 5.12. The molecule has 0 aliphatic carbocycles. The number of halogens is 2. The van der Waals surface area contributed by atoms with Gasteiger partial charge in [0.05, 0.1) is 34.0 Å². The van der Waals surface area contributed by atoms with Crippen molar-refractivity contribution < 1.29 is 4.42 Å². The van der Waals surface area contributed by atoms with Crippen LogP contribution < -0.4 is 5.32 Å². The normalized spacial score (nSPS) is 11.1. The summed E-state index contributed by atoms with van der Waals surface area (Å²) in [7, 11) is 0. The van der Waals surface area contributed by atoms with E-state index in [1.165, 1.54) is 0 Å². The number of hydrogen-bond acceptors (Lipinski definition) is 4. The van der Waals surface area contributed by atoms with E-state index in [4.69, 9.17) is 27.6 Å². The molecule has 0 fully saturated rings. The molecule has 3 heterocycles. The number of rotatable bonds is 4. The van der Waals surface area contributed by atoms with Crippen LogP contribution in [0.25, 0.3) is 10.9 Å². The SMILES string of the molecule is Clc1cccc(Cl)c1Nc1nccc2c1ccn2Cc1ncco1. The molecule has 5 nitrogen and oxygen atoms in total. The number of oxazole rings is 1. The Morgan fingerprint density at radius 3 is 2.62 bits per heavy atom. The smallest absolute Gasteiger partial charge is 0.213 e. The van der Waals surface area contributed by atoms with Crippen LogP contribution in [0.2, 0.25) is 10.0 Å². The van der Waals surface area contributed by atoms with Crippen LogP contribution in [-0.2, 0) is 6.54 Å². The van der Waals surface area contributed by atoms with Gasteiger partial charge in [0.25, 0.3) is 0 Å². The molecule has 0 spiro atoms. The molecule has 120 valence electrons. The molecule has 3 aromatic heterocycles. The fourth-order valence-electron chi connectivity index (χ4n) is 2.57. The third-order valence-corrected chi connectivity index (χ3v) is 4.32. The second-order valence-corrected chi connectivity index (χ2v) is 6.00. The first-order valence-corrected chi connectivity index (χ1v) is 8.01. The molecule has 0 atom stereocenters. The molecule has 0 saturated carbocycles. The Hall–Kier alpha value is -2.50. The molecule has 0 bridgehead atoms. The molecule has 0 amide bonds.